The first-order chi connectivity index (χ1) is 10.6. The SMILES string of the molecule is O=C(CC1CCCCC1)Nc1sc2c(c1C(=O)O)CCCC2. The van der Waals surface area contributed by atoms with Crippen molar-refractivity contribution >= 4 is 28.2 Å². The molecule has 0 saturated heterocycles. The summed E-state index contributed by atoms with van der Waals surface area (Å²) in [6.07, 6.45) is 10.4. The lowest BCUT2D eigenvalue weighted by molar-refractivity contribution is -0.117. The van der Waals surface area contributed by atoms with E-state index in [2.05, 4.69) is 5.32 Å². The summed E-state index contributed by atoms with van der Waals surface area (Å²) in [5.74, 6) is -0.461. The van der Waals surface area contributed by atoms with Crippen LogP contribution in [0.2, 0.25) is 0 Å². The molecule has 0 unspecified atom stereocenters. The zero-order valence-electron chi connectivity index (χ0n) is 12.8. The van der Waals surface area contributed by atoms with Crippen molar-refractivity contribution in [2.24, 2.45) is 5.92 Å². The number of carboxylic acid groups (broad SMARTS) is 1. The number of thiophene rings is 1. The van der Waals surface area contributed by atoms with Crippen molar-refractivity contribution in [1.82, 2.24) is 0 Å². The lowest BCUT2D eigenvalue weighted by Crippen LogP contribution is -2.19. The minimum atomic E-state index is -0.910. The van der Waals surface area contributed by atoms with Gasteiger partial charge in [-0.1, -0.05) is 19.3 Å². The maximum Gasteiger partial charge on any atom is 0.339 e. The summed E-state index contributed by atoms with van der Waals surface area (Å²) in [4.78, 5) is 25.0. The van der Waals surface area contributed by atoms with Gasteiger partial charge in [0.05, 0.1) is 5.56 Å². The van der Waals surface area contributed by atoms with Gasteiger partial charge in [0.15, 0.2) is 0 Å². The van der Waals surface area contributed by atoms with Gasteiger partial charge in [-0.05, 0) is 50.0 Å². The molecule has 0 aliphatic heterocycles. The smallest absolute Gasteiger partial charge is 0.339 e. The van der Waals surface area contributed by atoms with E-state index in [-0.39, 0.29) is 5.91 Å². The van der Waals surface area contributed by atoms with Gasteiger partial charge in [-0.15, -0.1) is 11.3 Å². The van der Waals surface area contributed by atoms with Gasteiger partial charge >= 0.3 is 5.97 Å². The average Bonchev–Trinajstić information content (AvgIpc) is 2.85. The summed E-state index contributed by atoms with van der Waals surface area (Å²) >= 11 is 1.47. The number of anilines is 1. The number of hydrogen-bond acceptors (Lipinski definition) is 3. The second-order valence-corrected chi connectivity index (χ2v) is 7.58. The quantitative estimate of drug-likeness (QED) is 0.872. The standard InChI is InChI=1S/C17H23NO3S/c19-14(10-11-6-2-1-3-7-11)18-16-15(17(20)21)12-8-4-5-9-13(12)22-16/h11H,1-10H2,(H,18,19)(H,20,21). The van der Waals surface area contributed by atoms with E-state index in [4.69, 9.17) is 0 Å². The van der Waals surface area contributed by atoms with Crippen molar-refractivity contribution in [1.29, 1.82) is 0 Å². The third-order valence-electron chi connectivity index (χ3n) is 4.84. The Kier molecular flexibility index (Phi) is 4.81. The van der Waals surface area contributed by atoms with E-state index in [0.717, 1.165) is 49.0 Å². The highest BCUT2D eigenvalue weighted by Crippen LogP contribution is 2.38. The molecule has 5 heteroatoms. The maximum atomic E-state index is 12.3. The number of amides is 1. The molecule has 22 heavy (non-hydrogen) atoms. The number of carbonyl (C=O) groups is 2. The van der Waals surface area contributed by atoms with Crippen molar-refractivity contribution in [2.75, 3.05) is 5.32 Å². The zero-order chi connectivity index (χ0) is 15.5. The molecule has 1 amide bonds. The van der Waals surface area contributed by atoms with Crippen molar-refractivity contribution < 1.29 is 14.7 Å². The van der Waals surface area contributed by atoms with Gasteiger partial charge in [0.1, 0.15) is 5.00 Å². The van der Waals surface area contributed by atoms with Crippen LogP contribution in [0.25, 0.3) is 0 Å². The van der Waals surface area contributed by atoms with E-state index in [1.54, 1.807) is 0 Å². The predicted octanol–water partition coefficient (Wildman–Crippen LogP) is 4.23. The molecule has 0 spiro atoms. The number of fused-ring (bicyclic) bond motifs is 1. The Bertz CT molecular complexity index is 573. The Morgan fingerprint density at radius 1 is 1.09 bits per heavy atom. The van der Waals surface area contributed by atoms with Crippen molar-refractivity contribution in [2.45, 2.75) is 64.2 Å². The molecule has 1 saturated carbocycles. The highest BCUT2D eigenvalue weighted by Gasteiger charge is 2.26. The molecule has 2 N–H and O–H groups in total. The number of aromatic carboxylic acids is 1. The van der Waals surface area contributed by atoms with Crippen molar-refractivity contribution in [3.05, 3.63) is 16.0 Å². The van der Waals surface area contributed by atoms with Gasteiger partial charge in [-0.3, -0.25) is 4.79 Å². The first-order valence-corrected chi connectivity index (χ1v) is 9.14. The van der Waals surface area contributed by atoms with Gasteiger partial charge in [0.25, 0.3) is 0 Å². The Morgan fingerprint density at radius 3 is 2.55 bits per heavy atom. The second-order valence-electron chi connectivity index (χ2n) is 6.48. The van der Waals surface area contributed by atoms with Crippen LogP contribution in [0.5, 0.6) is 0 Å². The number of carbonyl (C=O) groups excluding carboxylic acids is 1. The van der Waals surface area contributed by atoms with E-state index in [1.807, 2.05) is 0 Å². The van der Waals surface area contributed by atoms with Crippen LogP contribution in [0.15, 0.2) is 0 Å². The van der Waals surface area contributed by atoms with Crippen LogP contribution < -0.4 is 5.32 Å². The minimum Gasteiger partial charge on any atom is -0.478 e. The van der Waals surface area contributed by atoms with Crippen LogP contribution in [0, 0.1) is 5.92 Å². The molecule has 0 aromatic carbocycles. The van der Waals surface area contributed by atoms with Crippen molar-refractivity contribution in [3.63, 3.8) is 0 Å². The second kappa shape index (κ2) is 6.82. The molecule has 0 bridgehead atoms. The molecule has 4 nitrogen and oxygen atoms in total. The lowest BCUT2D eigenvalue weighted by Gasteiger charge is -2.20. The summed E-state index contributed by atoms with van der Waals surface area (Å²) in [7, 11) is 0. The van der Waals surface area contributed by atoms with Gasteiger partial charge in [-0.25, -0.2) is 4.79 Å². The third-order valence-corrected chi connectivity index (χ3v) is 6.04. The van der Waals surface area contributed by atoms with Crippen LogP contribution in [-0.4, -0.2) is 17.0 Å². The topological polar surface area (TPSA) is 66.4 Å². The van der Waals surface area contributed by atoms with Crippen LogP contribution >= 0.6 is 11.3 Å². The molecular weight excluding hydrogens is 298 g/mol. The molecular formula is C17H23NO3S. The van der Waals surface area contributed by atoms with Crippen LogP contribution in [-0.2, 0) is 17.6 Å². The summed E-state index contributed by atoms with van der Waals surface area (Å²) in [5, 5.41) is 13.0. The van der Waals surface area contributed by atoms with Gasteiger partial charge in [-0.2, -0.15) is 0 Å². The van der Waals surface area contributed by atoms with E-state index >= 15 is 0 Å². The molecule has 0 atom stereocenters. The number of aryl methyl sites for hydroxylation is 1. The van der Waals surface area contributed by atoms with Gasteiger partial charge in [0, 0.05) is 11.3 Å². The number of hydrogen-bond donors (Lipinski definition) is 2. The van der Waals surface area contributed by atoms with E-state index in [0.29, 0.717) is 22.9 Å². The van der Waals surface area contributed by atoms with Crippen LogP contribution in [0.3, 0.4) is 0 Å². The molecule has 1 aromatic rings. The first-order valence-electron chi connectivity index (χ1n) is 8.33. The molecule has 120 valence electrons. The molecule has 2 aliphatic carbocycles. The molecule has 1 heterocycles. The molecule has 1 aromatic heterocycles. The van der Waals surface area contributed by atoms with E-state index < -0.39 is 5.97 Å². The summed E-state index contributed by atoms with van der Waals surface area (Å²) in [6, 6.07) is 0. The normalized spacial score (nSPS) is 18.7. The molecule has 2 aliphatic rings. The number of nitrogens with one attached hydrogen (secondary N) is 1. The fourth-order valence-corrected chi connectivity index (χ4v) is 5.01. The fraction of sp³-hybridized carbons (Fsp3) is 0.647. The lowest BCUT2D eigenvalue weighted by atomic mass is 9.87. The van der Waals surface area contributed by atoms with Crippen LogP contribution in [0.4, 0.5) is 5.00 Å². The largest absolute Gasteiger partial charge is 0.478 e. The Hall–Kier alpha value is -1.36. The first kappa shape index (κ1) is 15.5. The minimum absolute atomic E-state index is 0.0204. The molecule has 3 rings (SSSR count). The molecule has 1 fully saturated rings. The third kappa shape index (κ3) is 3.35. The Labute approximate surface area is 134 Å². The summed E-state index contributed by atoms with van der Waals surface area (Å²) in [6.45, 7) is 0. The monoisotopic (exact) mass is 321 g/mol. The van der Waals surface area contributed by atoms with E-state index in [1.165, 1.54) is 30.6 Å². The van der Waals surface area contributed by atoms with Gasteiger partial charge in [0.2, 0.25) is 5.91 Å². The van der Waals surface area contributed by atoms with E-state index in [9.17, 15) is 14.7 Å². The van der Waals surface area contributed by atoms with Gasteiger partial charge < -0.3 is 10.4 Å². The number of carboxylic acids is 1. The van der Waals surface area contributed by atoms with Crippen LogP contribution in [0.1, 0.15) is 72.2 Å². The summed E-state index contributed by atoms with van der Waals surface area (Å²) < 4.78 is 0. The maximum absolute atomic E-state index is 12.3. The fourth-order valence-electron chi connectivity index (χ4n) is 3.71. The summed E-state index contributed by atoms with van der Waals surface area (Å²) in [5.41, 5.74) is 1.30. The Morgan fingerprint density at radius 2 is 1.82 bits per heavy atom. The highest BCUT2D eigenvalue weighted by atomic mass is 32.1. The zero-order valence-corrected chi connectivity index (χ0v) is 13.6. The Balaban J connectivity index is 1.72. The highest BCUT2D eigenvalue weighted by molar-refractivity contribution is 7.17. The molecule has 0 radical (unpaired) electrons. The average molecular weight is 321 g/mol. The number of rotatable bonds is 4. The van der Waals surface area contributed by atoms with Crippen molar-refractivity contribution in [3.8, 4) is 0 Å². The predicted molar refractivity (Wildman–Crippen MR) is 87.7 cm³/mol.